The first-order valence-electron chi connectivity index (χ1n) is 13.2. The van der Waals surface area contributed by atoms with Crippen molar-refractivity contribution in [3.8, 4) is 6.07 Å². The molecule has 0 saturated carbocycles. The van der Waals surface area contributed by atoms with Gasteiger partial charge in [0.05, 0.1) is 28.3 Å². The number of hydrogen-bond acceptors (Lipinski definition) is 6. The Balaban J connectivity index is 1.67. The fourth-order valence-corrected chi connectivity index (χ4v) is 6.63. The Morgan fingerprint density at radius 3 is 2.42 bits per heavy atom. The second-order valence-corrected chi connectivity index (χ2v) is 12.8. The summed E-state index contributed by atoms with van der Waals surface area (Å²) < 4.78 is 27.7. The molecule has 212 valence electrons. The number of piperidine rings is 1. The lowest BCUT2D eigenvalue weighted by Gasteiger charge is -2.40. The Morgan fingerprint density at radius 1 is 1.18 bits per heavy atom. The highest BCUT2D eigenvalue weighted by Gasteiger charge is 2.39. The van der Waals surface area contributed by atoms with Crippen LogP contribution in [0.2, 0.25) is 5.02 Å². The molecule has 0 bridgehead atoms. The van der Waals surface area contributed by atoms with Gasteiger partial charge in [-0.2, -0.15) is 22.3 Å². The number of halogens is 1. The van der Waals surface area contributed by atoms with E-state index in [1.54, 1.807) is 23.2 Å². The van der Waals surface area contributed by atoms with Crippen LogP contribution >= 0.6 is 11.6 Å². The van der Waals surface area contributed by atoms with Crippen LogP contribution in [0, 0.1) is 16.7 Å². The van der Waals surface area contributed by atoms with Crippen LogP contribution in [-0.4, -0.2) is 86.2 Å². The summed E-state index contributed by atoms with van der Waals surface area (Å²) in [6.07, 6.45) is 10.3. The van der Waals surface area contributed by atoms with Crippen LogP contribution in [0.1, 0.15) is 30.1 Å². The van der Waals surface area contributed by atoms with Crippen LogP contribution in [-0.2, 0) is 10.2 Å². The number of anilines is 1. The Morgan fingerprint density at radius 2 is 1.85 bits per heavy atom. The first-order chi connectivity index (χ1) is 19.1. The normalized spacial score (nSPS) is 18.9. The fraction of sp³-hybridized carbons (Fsp3) is 0.414. The van der Waals surface area contributed by atoms with Crippen molar-refractivity contribution < 1.29 is 13.2 Å². The number of carbonyl (C=O) groups is 1. The Hall–Kier alpha value is -3.23. The van der Waals surface area contributed by atoms with Crippen LogP contribution < -0.4 is 4.90 Å². The van der Waals surface area contributed by atoms with Gasteiger partial charge in [0.25, 0.3) is 16.1 Å². The number of aromatic nitrogens is 1. The number of hydrogen-bond donors (Lipinski definition) is 0. The first kappa shape index (κ1) is 29.7. The Bertz CT molecular complexity index is 1500. The molecule has 2 aliphatic rings. The maximum absolute atomic E-state index is 13.9. The van der Waals surface area contributed by atoms with E-state index in [1.165, 1.54) is 22.7 Å². The third kappa shape index (κ3) is 5.65. The third-order valence-electron chi connectivity index (χ3n) is 7.73. The van der Waals surface area contributed by atoms with E-state index in [-0.39, 0.29) is 32.1 Å². The van der Waals surface area contributed by atoms with E-state index in [1.807, 2.05) is 37.3 Å². The Labute approximate surface area is 241 Å². The van der Waals surface area contributed by atoms with Gasteiger partial charge in [0.15, 0.2) is 0 Å². The monoisotopic (exact) mass is 582 g/mol. The SMILES string of the molecule is C=C/C(=C\C=C/C)C1(C#N)CCN(c2c(C(=O)N3CCN(S(=O)(=O)N(C)C)CC3)cnc3ccc(Cl)cc23)CC1. The van der Waals surface area contributed by atoms with Gasteiger partial charge in [-0.1, -0.05) is 42.5 Å². The molecule has 2 aliphatic heterocycles. The number of nitriles is 1. The molecule has 0 aliphatic carbocycles. The molecule has 1 aromatic heterocycles. The number of amides is 1. The summed E-state index contributed by atoms with van der Waals surface area (Å²) in [6.45, 7) is 7.95. The largest absolute Gasteiger partial charge is 0.370 e. The summed E-state index contributed by atoms with van der Waals surface area (Å²) >= 11 is 6.40. The molecule has 0 radical (unpaired) electrons. The Kier molecular flexibility index (Phi) is 9.00. The second kappa shape index (κ2) is 12.1. The van der Waals surface area contributed by atoms with E-state index in [2.05, 4.69) is 22.5 Å². The van der Waals surface area contributed by atoms with Gasteiger partial charge < -0.3 is 9.80 Å². The van der Waals surface area contributed by atoms with Gasteiger partial charge in [0.1, 0.15) is 0 Å². The molecule has 2 aromatic rings. The maximum Gasteiger partial charge on any atom is 0.281 e. The molecule has 11 heteroatoms. The molecular formula is C29H35ClN6O3S. The fourth-order valence-electron chi connectivity index (χ4n) is 5.37. The van der Waals surface area contributed by atoms with Gasteiger partial charge in [0.2, 0.25) is 0 Å². The predicted molar refractivity (Wildman–Crippen MR) is 159 cm³/mol. The van der Waals surface area contributed by atoms with Crippen molar-refractivity contribution in [3.63, 3.8) is 0 Å². The van der Waals surface area contributed by atoms with Gasteiger partial charge in [-0.3, -0.25) is 9.78 Å². The minimum absolute atomic E-state index is 0.205. The first-order valence-corrected chi connectivity index (χ1v) is 15.0. The molecule has 2 fully saturated rings. The van der Waals surface area contributed by atoms with Crippen molar-refractivity contribution in [3.05, 3.63) is 71.4 Å². The molecule has 9 nitrogen and oxygen atoms in total. The molecule has 2 saturated heterocycles. The average molecular weight is 583 g/mol. The standard InChI is InChI=1S/C29H35ClN6O3S/c1-5-7-8-22(6-2)29(21-31)11-13-34(14-12-29)27-24-19-23(30)9-10-26(24)32-20-25(27)28(37)35-15-17-36(18-16-35)40(38,39)33(3)4/h5-10,19-20H,2,11-18H2,1,3-4H3/b7-5-,22-8+. The van der Waals surface area contributed by atoms with E-state index < -0.39 is 15.6 Å². The van der Waals surface area contributed by atoms with Crippen LogP contribution in [0.4, 0.5) is 5.69 Å². The van der Waals surface area contributed by atoms with Crippen LogP contribution in [0.25, 0.3) is 10.9 Å². The molecule has 0 atom stereocenters. The van der Waals surface area contributed by atoms with Crippen molar-refractivity contribution in [1.29, 1.82) is 5.26 Å². The van der Waals surface area contributed by atoms with Gasteiger partial charge in [-0.05, 0) is 43.5 Å². The van der Waals surface area contributed by atoms with Crippen molar-refractivity contribution >= 4 is 44.3 Å². The molecule has 0 spiro atoms. The van der Waals surface area contributed by atoms with E-state index >= 15 is 0 Å². The van der Waals surface area contributed by atoms with Gasteiger partial charge >= 0.3 is 0 Å². The zero-order valence-corrected chi connectivity index (χ0v) is 24.7. The summed E-state index contributed by atoms with van der Waals surface area (Å²) in [5, 5.41) is 11.5. The van der Waals surface area contributed by atoms with E-state index in [0.29, 0.717) is 36.5 Å². The van der Waals surface area contributed by atoms with Crippen LogP contribution in [0.15, 0.2) is 60.9 Å². The summed E-state index contributed by atoms with van der Waals surface area (Å²) in [6, 6.07) is 7.97. The van der Waals surface area contributed by atoms with E-state index in [0.717, 1.165) is 22.2 Å². The van der Waals surface area contributed by atoms with Crippen LogP contribution in [0.5, 0.6) is 0 Å². The van der Waals surface area contributed by atoms with Crippen LogP contribution in [0.3, 0.4) is 0 Å². The van der Waals surface area contributed by atoms with E-state index in [9.17, 15) is 18.5 Å². The summed E-state index contributed by atoms with van der Waals surface area (Å²) in [4.78, 5) is 22.3. The van der Waals surface area contributed by atoms with Gasteiger partial charge in [-0.15, -0.1) is 0 Å². The number of carbonyl (C=O) groups excluding carboxylic acids is 1. The lowest BCUT2D eigenvalue weighted by molar-refractivity contribution is 0.0695. The molecule has 0 N–H and O–H groups in total. The molecule has 40 heavy (non-hydrogen) atoms. The number of piperazine rings is 1. The number of rotatable bonds is 7. The number of nitrogens with zero attached hydrogens (tertiary/aromatic N) is 6. The summed E-state index contributed by atoms with van der Waals surface area (Å²) in [5.41, 5.74) is 2.12. The van der Waals surface area contributed by atoms with Gasteiger partial charge in [0, 0.05) is 70.0 Å². The molecule has 1 aromatic carbocycles. The summed E-state index contributed by atoms with van der Waals surface area (Å²) in [5.74, 6) is -0.205. The minimum Gasteiger partial charge on any atom is -0.370 e. The smallest absolute Gasteiger partial charge is 0.281 e. The summed E-state index contributed by atoms with van der Waals surface area (Å²) in [7, 11) is -0.552. The average Bonchev–Trinajstić information content (AvgIpc) is 2.96. The number of benzene rings is 1. The number of fused-ring (bicyclic) bond motifs is 1. The highest BCUT2D eigenvalue weighted by atomic mass is 35.5. The highest BCUT2D eigenvalue weighted by molar-refractivity contribution is 7.86. The maximum atomic E-state index is 13.9. The minimum atomic E-state index is -3.55. The second-order valence-electron chi connectivity index (χ2n) is 10.2. The number of allylic oxidation sites excluding steroid dienone is 5. The molecule has 3 heterocycles. The van der Waals surface area contributed by atoms with Crippen molar-refractivity contribution in [1.82, 2.24) is 18.5 Å². The molecular weight excluding hydrogens is 548 g/mol. The zero-order valence-electron chi connectivity index (χ0n) is 23.2. The van der Waals surface area contributed by atoms with Crippen molar-refractivity contribution in [2.45, 2.75) is 19.8 Å². The highest BCUT2D eigenvalue weighted by Crippen LogP contribution is 2.42. The lowest BCUT2D eigenvalue weighted by Crippen LogP contribution is -2.53. The number of pyridine rings is 1. The van der Waals surface area contributed by atoms with Crippen molar-refractivity contribution in [2.75, 3.05) is 58.3 Å². The van der Waals surface area contributed by atoms with Crippen molar-refractivity contribution in [2.24, 2.45) is 5.41 Å². The lowest BCUT2D eigenvalue weighted by atomic mass is 9.73. The predicted octanol–water partition coefficient (Wildman–Crippen LogP) is 4.25. The van der Waals surface area contributed by atoms with E-state index in [4.69, 9.17) is 11.6 Å². The molecule has 1 amide bonds. The topological polar surface area (TPSA) is 101 Å². The zero-order chi connectivity index (χ0) is 29.1. The molecule has 0 unspecified atom stereocenters. The molecule has 4 rings (SSSR count). The third-order valence-corrected chi connectivity index (χ3v) is 9.91. The quantitative estimate of drug-likeness (QED) is 0.452. The van der Waals surface area contributed by atoms with Gasteiger partial charge in [-0.25, -0.2) is 0 Å².